The van der Waals surface area contributed by atoms with E-state index in [9.17, 15) is 13.2 Å². The van der Waals surface area contributed by atoms with Crippen molar-refractivity contribution in [3.05, 3.63) is 75.7 Å². The van der Waals surface area contributed by atoms with E-state index in [4.69, 9.17) is 4.74 Å². The zero-order chi connectivity index (χ0) is 20.6. The number of aromatic nitrogens is 1. The molecule has 0 aliphatic carbocycles. The monoisotopic (exact) mass is 428 g/mol. The number of hydrogen-bond donors (Lipinski definition) is 0. The Kier molecular flexibility index (Phi) is 5.14. The van der Waals surface area contributed by atoms with Crippen molar-refractivity contribution >= 4 is 33.0 Å². The Morgan fingerprint density at radius 1 is 1.24 bits per heavy atom. The fourth-order valence-corrected chi connectivity index (χ4v) is 5.83. The number of rotatable bonds is 5. The Balaban J connectivity index is 1.58. The molecule has 1 aromatic heterocycles. The highest BCUT2D eigenvalue weighted by Crippen LogP contribution is 2.36. The Labute approximate surface area is 173 Å². The van der Waals surface area contributed by atoms with E-state index in [1.165, 1.54) is 27.8 Å². The fraction of sp³-hybridized carbons (Fsp3) is 0.238. The summed E-state index contributed by atoms with van der Waals surface area (Å²) in [6.07, 6.45) is 0.657. The molecule has 0 fully saturated rings. The van der Waals surface area contributed by atoms with E-state index >= 15 is 0 Å². The summed E-state index contributed by atoms with van der Waals surface area (Å²) >= 11 is 1.48. The van der Waals surface area contributed by atoms with Crippen molar-refractivity contribution in [2.24, 2.45) is 0 Å². The first-order valence-corrected chi connectivity index (χ1v) is 11.5. The van der Waals surface area contributed by atoms with Crippen LogP contribution in [0, 0.1) is 6.92 Å². The number of aryl methyl sites for hydroxylation is 1. The molecule has 0 N–H and O–H groups in total. The van der Waals surface area contributed by atoms with Crippen molar-refractivity contribution in [3.63, 3.8) is 0 Å². The molecule has 6 nitrogen and oxygen atoms in total. The lowest BCUT2D eigenvalue weighted by Crippen LogP contribution is -2.35. The summed E-state index contributed by atoms with van der Waals surface area (Å²) in [7, 11) is -3.81. The van der Waals surface area contributed by atoms with E-state index in [2.05, 4.69) is 4.98 Å². The number of carbonyl (C=O) groups excluding carboxylic acids is 1. The summed E-state index contributed by atoms with van der Waals surface area (Å²) in [5.41, 5.74) is 2.55. The molecule has 3 aromatic rings. The highest BCUT2D eigenvalue weighted by atomic mass is 32.2. The lowest BCUT2D eigenvalue weighted by Gasteiger charge is -2.24. The van der Waals surface area contributed by atoms with Gasteiger partial charge < -0.3 is 4.74 Å². The number of ether oxygens (including phenoxy) is 1. The maximum Gasteiger partial charge on any atom is 0.338 e. The number of anilines is 1. The second-order valence-electron chi connectivity index (χ2n) is 6.94. The van der Waals surface area contributed by atoms with E-state index in [-0.39, 0.29) is 23.1 Å². The van der Waals surface area contributed by atoms with Gasteiger partial charge in [-0.25, -0.2) is 18.2 Å². The lowest BCUT2D eigenvalue weighted by atomic mass is 10.1. The van der Waals surface area contributed by atoms with E-state index in [0.29, 0.717) is 17.8 Å². The Hall–Kier alpha value is -2.71. The molecule has 0 amide bonds. The van der Waals surface area contributed by atoms with Gasteiger partial charge in [0.25, 0.3) is 10.0 Å². The number of hydrogen-bond acceptors (Lipinski definition) is 6. The molecular weight excluding hydrogens is 408 g/mol. The zero-order valence-electron chi connectivity index (χ0n) is 16.0. The average molecular weight is 429 g/mol. The summed E-state index contributed by atoms with van der Waals surface area (Å²) in [5, 5.41) is 2.72. The third kappa shape index (κ3) is 3.77. The first-order valence-electron chi connectivity index (χ1n) is 9.17. The second-order valence-corrected chi connectivity index (χ2v) is 9.82. The minimum Gasteiger partial charge on any atom is -0.456 e. The van der Waals surface area contributed by atoms with Gasteiger partial charge in [-0.15, -0.1) is 11.3 Å². The summed E-state index contributed by atoms with van der Waals surface area (Å²) in [6.45, 7) is 3.81. The highest BCUT2D eigenvalue weighted by Gasteiger charge is 2.36. The molecule has 0 bridgehead atoms. The maximum absolute atomic E-state index is 13.3. The molecule has 1 aliphatic heterocycles. The number of thiazole rings is 1. The fourth-order valence-electron chi connectivity index (χ4n) is 3.50. The number of para-hydroxylation sites is 1. The van der Waals surface area contributed by atoms with Gasteiger partial charge in [-0.05, 0) is 50.1 Å². The minimum atomic E-state index is -3.81. The molecule has 0 spiro atoms. The Bertz CT molecular complexity index is 1170. The first-order chi connectivity index (χ1) is 13.9. The number of benzene rings is 2. The van der Waals surface area contributed by atoms with Crippen LogP contribution in [0.3, 0.4) is 0 Å². The van der Waals surface area contributed by atoms with Crippen LogP contribution >= 0.6 is 11.3 Å². The largest absolute Gasteiger partial charge is 0.456 e. The highest BCUT2D eigenvalue weighted by molar-refractivity contribution is 7.92. The molecular formula is C21H20N2O4S2. The van der Waals surface area contributed by atoms with Crippen LogP contribution < -0.4 is 4.31 Å². The molecule has 1 atom stereocenters. The van der Waals surface area contributed by atoms with Crippen LogP contribution in [0.1, 0.15) is 33.5 Å². The standard InChI is InChI=1S/C21H20N2O4S2/c1-14-10-16-6-3-4-9-20(16)23(14)29(25,26)19-8-5-7-17(11-19)21(24)27-12-18-13-28-15(2)22-18/h3-9,11,13-14H,10,12H2,1-2H3/t14-/m1/s1. The predicted molar refractivity (Wildman–Crippen MR) is 112 cm³/mol. The quantitative estimate of drug-likeness (QED) is 0.575. The molecule has 0 unspecified atom stereocenters. The van der Waals surface area contributed by atoms with E-state index in [1.807, 2.05) is 43.5 Å². The van der Waals surface area contributed by atoms with E-state index in [0.717, 1.165) is 10.6 Å². The molecule has 4 rings (SSSR count). The molecule has 0 radical (unpaired) electrons. The van der Waals surface area contributed by atoms with Crippen LogP contribution in [0.2, 0.25) is 0 Å². The van der Waals surface area contributed by atoms with Crippen molar-refractivity contribution < 1.29 is 17.9 Å². The Morgan fingerprint density at radius 3 is 2.79 bits per heavy atom. The summed E-state index contributed by atoms with van der Waals surface area (Å²) in [6, 6.07) is 13.3. The van der Waals surface area contributed by atoms with Crippen molar-refractivity contribution in [3.8, 4) is 0 Å². The van der Waals surface area contributed by atoms with Gasteiger partial charge in [-0.2, -0.15) is 0 Å². The zero-order valence-corrected chi connectivity index (χ0v) is 17.7. The topological polar surface area (TPSA) is 76.6 Å². The molecule has 1 aliphatic rings. The third-order valence-corrected chi connectivity index (χ3v) is 7.54. The van der Waals surface area contributed by atoms with Gasteiger partial charge in [0.05, 0.1) is 26.8 Å². The number of sulfonamides is 1. The number of esters is 1. The predicted octanol–water partition coefficient (Wildman–Crippen LogP) is 3.95. The molecule has 150 valence electrons. The third-order valence-electron chi connectivity index (χ3n) is 4.79. The lowest BCUT2D eigenvalue weighted by molar-refractivity contribution is 0.0468. The second kappa shape index (κ2) is 7.61. The van der Waals surface area contributed by atoms with Crippen molar-refractivity contribution in [1.82, 2.24) is 4.98 Å². The Morgan fingerprint density at radius 2 is 2.03 bits per heavy atom. The first kappa shape index (κ1) is 19.6. The summed E-state index contributed by atoms with van der Waals surface area (Å²) in [4.78, 5) is 16.8. The van der Waals surface area contributed by atoms with Gasteiger partial charge in [0.1, 0.15) is 6.61 Å². The average Bonchev–Trinajstić information content (AvgIpc) is 3.28. The van der Waals surface area contributed by atoms with Crippen LogP contribution in [-0.2, 0) is 27.8 Å². The van der Waals surface area contributed by atoms with Crippen LogP contribution in [-0.4, -0.2) is 25.4 Å². The number of fused-ring (bicyclic) bond motifs is 1. The van der Waals surface area contributed by atoms with Gasteiger partial charge in [0, 0.05) is 11.4 Å². The smallest absolute Gasteiger partial charge is 0.338 e. The van der Waals surface area contributed by atoms with Crippen LogP contribution in [0.4, 0.5) is 5.69 Å². The van der Waals surface area contributed by atoms with Crippen LogP contribution in [0.15, 0.2) is 58.8 Å². The van der Waals surface area contributed by atoms with Crippen molar-refractivity contribution in [1.29, 1.82) is 0 Å². The SMILES string of the molecule is Cc1nc(COC(=O)c2cccc(S(=O)(=O)N3c4ccccc4C[C@H]3C)c2)cs1. The molecule has 0 saturated carbocycles. The van der Waals surface area contributed by atoms with Gasteiger partial charge in [-0.1, -0.05) is 24.3 Å². The van der Waals surface area contributed by atoms with Crippen LogP contribution in [0.25, 0.3) is 0 Å². The molecule has 2 aromatic carbocycles. The van der Waals surface area contributed by atoms with Crippen molar-refractivity contribution in [2.75, 3.05) is 4.31 Å². The maximum atomic E-state index is 13.3. The molecule has 0 saturated heterocycles. The molecule has 8 heteroatoms. The summed E-state index contributed by atoms with van der Waals surface area (Å²) in [5.74, 6) is -0.581. The van der Waals surface area contributed by atoms with Gasteiger partial charge in [-0.3, -0.25) is 4.31 Å². The van der Waals surface area contributed by atoms with Gasteiger partial charge in [0.2, 0.25) is 0 Å². The number of carbonyl (C=O) groups is 1. The van der Waals surface area contributed by atoms with Gasteiger partial charge in [0.15, 0.2) is 0 Å². The van der Waals surface area contributed by atoms with Crippen LogP contribution in [0.5, 0.6) is 0 Å². The molecule has 2 heterocycles. The van der Waals surface area contributed by atoms with E-state index < -0.39 is 16.0 Å². The minimum absolute atomic E-state index is 0.0523. The number of nitrogens with zero attached hydrogens (tertiary/aromatic N) is 2. The van der Waals surface area contributed by atoms with E-state index in [1.54, 1.807) is 12.1 Å². The molecule has 29 heavy (non-hydrogen) atoms. The van der Waals surface area contributed by atoms with Gasteiger partial charge >= 0.3 is 5.97 Å². The normalized spacial score (nSPS) is 15.9. The van der Waals surface area contributed by atoms with Crippen molar-refractivity contribution in [2.45, 2.75) is 37.8 Å². The summed E-state index contributed by atoms with van der Waals surface area (Å²) < 4.78 is 33.4.